The van der Waals surface area contributed by atoms with Gasteiger partial charge < -0.3 is 5.32 Å². The standard InChI is InChI=1S/C19H25N/c1-12-2-3-17-16(4-12)8-18(20-17)19-9-13-5-14(10-19)7-15(6-13)11-19/h2-4,13-15,18,20H,5-11H2,1H3. The number of nitrogens with one attached hydrogen (secondary N) is 1. The lowest BCUT2D eigenvalue weighted by atomic mass is 9.47. The van der Waals surface area contributed by atoms with Crippen LogP contribution in [-0.4, -0.2) is 6.04 Å². The Balaban J connectivity index is 1.47. The zero-order valence-corrected chi connectivity index (χ0v) is 12.5. The number of anilines is 1. The zero-order valence-electron chi connectivity index (χ0n) is 12.5. The van der Waals surface area contributed by atoms with Crippen molar-refractivity contribution in [2.75, 3.05) is 5.32 Å². The van der Waals surface area contributed by atoms with Crippen molar-refractivity contribution >= 4 is 5.69 Å². The molecule has 1 nitrogen and oxygen atoms in total. The normalized spacial score (nSPS) is 44.5. The van der Waals surface area contributed by atoms with Crippen molar-refractivity contribution in [2.45, 2.75) is 57.9 Å². The van der Waals surface area contributed by atoms with E-state index >= 15 is 0 Å². The molecule has 0 spiro atoms. The average molecular weight is 267 g/mol. The van der Waals surface area contributed by atoms with Crippen LogP contribution in [-0.2, 0) is 6.42 Å². The molecule has 20 heavy (non-hydrogen) atoms. The van der Waals surface area contributed by atoms with Crippen LogP contribution in [0.1, 0.15) is 49.7 Å². The Hall–Kier alpha value is -0.980. The highest BCUT2D eigenvalue weighted by Gasteiger charge is 2.54. The predicted octanol–water partition coefficient (Wildman–Crippen LogP) is 4.55. The molecule has 0 amide bonds. The predicted molar refractivity (Wildman–Crippen MR) is 82.9 cm³/mol. The fraction of sp³-hybridized carbons (Fsp3) is 0.684. The minimum Gasteiger partial charge on any atom is -0.381 e. The maximum absolute atomic E-state index is 3.92. The molecule has 6 rings (SSSR count). The highest BCUT2D eigenvalue weighted by Crippen LogP contribution is 2.62. The summed E-state index contributed by atoms with van der Waals surface area (Å²) in [7, 11) is 0. The van der Waals surface area contributed by atoms with E-state index in [2.05, 4.69) is 30.4 Å². The summed E-state index contributed by atoms with van der Waals surface area (Å²) in [4.78, 5) is 0. The first kappa shape index (κ1) is 11.7. The van der Waals surface area contributed by atoms with Crippen LogP contribution in [0.4, 0.5) is 5.69 Å². The number of hydrogen-bond donors (Lipinski definition) is 1. The van der Waals surface area contributed by atoms with Gasteiger partial charge >= 0.3 is 0 Å². The summed E-state index contributed by atoms with van der Waals surface area (Å²) in [6.07, 6.45) is 10.5. The van der Waals surface area contributed by atoms with Gasteiger partial charge in [-0.15, -0.1) is 0 Å². The lowest BCUT2D eigenvalue weighted by molar-refractivity contribution is -0.0619. The highest BCUT2D eigenvalue weighted by molar-refractivity contribution is 5.58. The average Bonchev–Trinajstić information content (AvgIpc) is 2.80. The molecule has 0 radical (unpaired) electrons. The van der Waals surface area contributed by atoms with Crippen LogP contribution in [0.3, 0.4) is 0 Å². The van der Waals surface area contributed by atoms with Crippen molar-refractivity contribution in [1.82, 2.24) is 0 Å². The van der Waals surface area contributed by atoms with Crippen molar-refractivity contribution in [3.8, 4) is 0 Å². The number of aryl methyl sites for hydroxylation is 1. The number of hydrogen-bond acceptors (Lipinski definition) is 1. The summed E-state index contributed by atoms with van der Waals surface area (Å²) in [5.41, 5.74) is 5.06. The zero-order chi connectivity index (χ0) is 13.3. The second-order valence-electron chi connectivity index (χ2n) is 8.34. The maximum Gasteiger partial charge on any atom is 0.0376 e. The molecule has 0 saturated heterocycles. The monoisotopic (exact) mass is 267 g/mol. The Kier molecular flexibility index (Phi) is 2.22. The molecule has 4 aliphatic carbocycles. The van der Waals surface area contributed by atoms with Gasteiger partial charge in [-0.05, 0) is 86.7 Å². The van der Waals surface area contributed by atoms with E-state index in [9.17, 15) is 0 Å². The van der Waals surface area contributed by atoms with Gasteiger partial charge in [0, 0.05) is 11.7 Å². The van der Waals surface area contributed by atoms with Crippen LogP contribution in [0, 0.1) is 30.1 Å². The summed E-state index contributed by atoms with van der Waals surface area (Å²) < 4.78 is 0. The molecule has 1 heterocycles. The molecule has 0 aromatic heterocycles. The molecule has 1 atom stereocenters. The van der Waals surface area contributed by atoms with Crippen LogP contribution in [0.15, 0.2) is 18.2 Å². The molecule has 1 aliphatic heterocycles. The summed E-state index contributed by atoms with van der Waals surface area (Å²) in [5, 5.41) is 3.92. The van der Waals surface area contributed by atoms with Gasteiger partial charge in [-0.2, -0.15) is 0 Å². The van der Waals surface area contributed by atoms with E-state index in [1.807, 2.05) is 0 Å². The van der Waals surface area contributed by atoms with E-state index in [-0.39, 0.29) is 0 Å². The van der Waals surface area contributed by atoms with Gasteiger partial charge in [0.2, 0.25) is 0 Å². The van der Waals surface area contributed by atoms with Crippen LogP contribution in [0.25, 0.3) is 0 Å². The molecule has 4 fully saturated rings. The quantitative estimate of drug-likeness (QED) is 0.787. The van der Waals surface area contributed by atoms with Gasteiger partial charge in [0.25, 0.3) is 0 Å². The molecule has 106 valence electrons. The minimum atomic E-state index is 0.641. The third-order valence-electron chi connectivity index (χ3n) is 6.84. The van der Waals surface area contributed by atoms with E-state index in [0.717, 1.165) is 23.8 Å². The molecular weight excluding hydrogens is 242 g/mol. The van der Waals surface area contributed by atoms with Crippen molar-refractivity contribution in [3.05, 3.63) is 29.3 Å². The Morgan fingerprint density at radius 2 is 1.65 bits per heavy atom. The van der Waals surface area contributed by atoms with Crippen molar-refractivity contribution in [3.63, 3.8) is 0 Å². The fourth-order valence-corrected chi connectivity index (χ4v) is 6.46. The highest BCUT2D eigenvalue weighted by atomic mass is 15.0. The van der Waals surface area contributed by atoms with Crippen LogP contribution < -0.4 is 5.32 Å². The second kappa shape index (κ2) is 3.81. The van der Waals surface area contributed by atoms with Crippen LogP contribution >= 0.6 is 0 Å². The Morgan fingerprint density at radius 1 is 1.00 bits per heavy atom. The summed E-state index contributed by atoms with van der Waals surface area (Å²) >= 11 is 0. The van der Waals surface area contributed by atoms with E-state index in [1.54, 1.807) is 24.8 Å². The molecular formula is C19H25N. The van der Waals surface area contributed by atoms with Crippen LogP contribution in [0.5, 0.6) is 0 Å². The lowest BCUT2D eigenvalue weighted by Crippen LogP contribution is -2.53. The molecule has 1 N–H and O–H groups in total. The van der Waals surface area contributed by atoms with Crippen molar-refractivity contribution in [2.24, 2.45) is 23.2 Å². The first-order chi connectivity index (χ1) is 9.70. The van der Waals surface area contributed by atoms with Crippen molar-refractivity contribution < 1.29 is 0 Å². The molecule has 4 saturated carbocycles. The maximum atomic E-state index is 3.92. The third kappa shape index (κ3) is 1.55. The number of rotatable bonds is 1. The molecule has 4 bridgehead atoms. The SMILES string of the molecule is Cc1ccc2c(c1)CC(C13CC4CC(CC(C4)C1)C3)N2. The largest absolute Gasteiger partial charge is 0.381 e. The van der Waals surface area contributed by atoms with Crippen molar-refractivity contribution in [1.29, 1.82) is 0 Å². The second-order valence-corrected chi connectivity index (χ2v) is 8.34. The smallest absolute Gasteiger partial charge is 0.0376 e. The third-order valence-corrected chi connectivity index (χ3v) is 6.84. The molecule has 1 unspecified atom stereocenters. The molecule has 5 aliphatic rings. The van der Waals surface area contributed by atoms with Crippen LogP contribution in [0.2, 0.25) is 0 Å². The fourth-order valence-electron chi connectivity index (χ4n) is 6.46. The first-order valence-corrected chi connectivity index (χ1v) is 8.56. The van der Waals surface area contributed by atoms with Gasteiger partial charge in [-0.25, -0.2) is 0 Å². The number of fused-ring (bicyclic) bond motifs is 1. The Morgan fingerprint density at radius 3 is 2.30 bits per heavy atom. The van der Waals surface area contributed by atoms with E-state index in [1.165, 1.54) is 36.9 Å². The first-order valence-electron chi connectivity index (χ1n) is 8.56. The molecule has 1 aromatic rings. The Labute approximate surface area is 122 Å². The van der Waals surface area contributed by atoms with Gasteiger partial charge in [-0.3, -0.25) is 0 Å². The summed E-state index contributed by atoms with van der Waals surface area (Å²) in [6.45, 7) is 2.22. The van der Waals surface area contributed by atoms with Gasteiger partial charge in [0.05, 0.1) is 0 Å². The Bertz CT molecular complexity index is 524. The van der Waals surface area contributed by atoms with Gasteiger partial charge in [0.1, 0.15) is 0 Å². The molecule has 1 aromatic carbocycles. The minimum absolute atomic E-state index is 0.641. The topological polar surface area (TPSA) is 12.0 Å². The summed E-state index contributed by atoms with van der Waals surface area (Å²) in [6, 6.07) is 7.70. The van der Waals surface area contributed by atoms with Gasteiger partial charge in [-0.1, -0.05) is 17.7 Å². The van der Waals surface area contributed by atoms with E-state index < -0.39 is 0 Å². The lowest BCUT2D eigenvalue weighted by Gasteiger charge is -2.59. The summed E-state index contributed by atoms with van der Waals surface area (Å²) in [5.74, 6) is 3.19. The number of benzene rings is 1. The van der Waals surface area contributed by atoms with E-state index in [4.69, 9.17) is 0 Å². The molecule has 1 heteroatoms. The van der Waals surface area contributed by atoms with Gasteiger partial charge in [0.15, 0.2) is 0 Å². The van der Waals surface area contributed by atoms with E-state index in [0.29, 0.717) is 5.41 Å².